The Morgan fingerprint density at radius 1 is 1.43 bits per heavy atom. The molecule has 1 heterocycles. The fourth-order valence-electron chi connectivity index (χ4n) is 2.85. The third-order valence-corrected chi connectivity index (χ3v) is 3.83. The van der Waals surface area contributed by atoms with Gasteiger partial charge in [0, 0.05) is 19.6 Å². The van der Waals surface area contributed by atoms with E-state index in [-0.39, 0.29) is 23.2 Å². The minimum Gasteiger partial charge on any atom is -0.370 e. The van der Waals surface area contributed by atoms with Crippen molar-refractivity contribution in [2.24, 2.45) is 5.92 Å². The molecule has 0 unspecified atom stereocenters. The lowest BCUT2D eigenvalue weighted by molar-refractivity contribution is -0.125. The van der Waals surface area contributed by atoms with Crippen LogP contribution in [0.3, 0.4) is 0 Å². The topological polar surface area (TPSA) is 49.4 Å². The highest BCUT2D eigenvalue weighted by molar-refractivity contribution is 6.00. The van der Waals surface area contributed by atoms with Gasteiger partial charge in [-0.05, 0) is 38.8 Å². The molecule has 114 valence electrons. The zero-order chi connectivity index (χ0) is 15.4. The number of hydrogen-bond acceptors (Lipinski definition) is 3. The molecule has 1 atom stereocenters. The first-order valence-corrected chi connectivity index (χ1v) is 7.36. The van der Waals surface area contributed by atoms with Gasteiger partial charge in [0.2, 0.25) is 5.91 Å². The lowest BCUT2D eigenvalue weighted by atomic mass is 9.95. The SMILES string of the molecule is CCNC(=O)[C@H]1CCCN(c2cccc(F)c2C(C)=O)C1. The predicted molar refractivity (Wildman–Crippen MR) is 80.0 cm³/mol. The monoisotopic (exact) mass is 292 g/mol. The molecule has 4 nitrogen and oxygen atoms in total. The average Bonchev–Trinajstić information content (AvgIpc) is 2.47. The second-order valence-electron chi connectivity index (χ2n) is 5.37. The molecular formula is C16H21FN2O2. The molecule has 5 heteroatoms. The molecule has 1 N–H and O–H groups in total. The van der Waals surface area contributed by atoms with Crippen LogP contribution in [-0.4, -0.2) is 31.3 Å². The van der Waals surface area contributed by atoms with E-state index in [1.165, 1.54) is 13.0 Å². The van der Waals surface area contributed by atoms with E-state index >= 15 is 0 Å². The van der Waals surface area contributed by atoms with E-state index in [2.05, 4.69) is 5.32 Å². The van der Waals surface area contributed by atoms with Crippen LogP contribution < -0.4 is 10.2 Å². The molecule has 0 spiro atoms. The number of Topliss-reactive ketones (excluding diaryl/α,β-unsaturated/α-hetero) is 1. The number of rotatable bonds is 4. The summed E-state index contributed by atoms with van der Waals surface area (Å²) in [5.74, 6) is -0.867. The normalized spacial score (nSPS) is 18.4. The van der Waals surface area contributed by atoms with Crippen LogP contribution in [0.2, 0.25) is 0 Å². The largest absolute Gasteiger partial charge is 0.370 e. The second kappa shape index (κ2) is 6.70. The van der Waals surface area contributed by atoms with E-state index in [1.54, 1.807) is 12.1 Å². The van der Waals surface area contributed by atoms with E-state index in [4.69, 9.17) is 0 Å². The smallest absolute Gasteiger partial charge is 0.224 e. The van der Waals surface area contributed by atoms with Gasteiger partial charge in [-0.25, -0.2) is 4.39 Å². The van der Waals surface area contributed by atoms with Crippen LogP contribution in [0, 0.1) is 11.7 Å². The van der Waals surface area contributed by atoms with E-state index in [9.17, 15) is 14.0 Å². The fourth-order valence-corrected chi connectivity index (χ4v) is 2.85. The predicted octanol–water partition coefficient (Wildman–Crippen LogP) is 2.38. The first-order valence-electron chi connectivity index (χ1n) is 7.36. The number of carbonyl (C=O) groups excluding carboxylic acids is 2. The lowest BCUT2D eigenvalue weighted by Crippen LogP contribution is -2.43. The summed E-state index contributed by atoms with van der Waals surface area (Å²) in [7, 11) is 0. The molecule has 1 aromatic carbocycles. The van der Waals surface area contributed by atoms with Gasteiger partial charge in [0.15, 0.2) is 5.78 Å². The first kappa shape index (κ1) is 15.5. The fraction of sp³-hybridized carbons (Fsp3) is 0.500. The van der Waals surface area contributed by atoms with Gasteiger partial charge in [-0.15, -0.1) is 0 Å². The van der Waals surface area contributed by atoms with Crippen LogP contribution >= 0.6 is 0 Å². The van der Waals surface area contributed by atoms with Crippen molar-refractivity contribution in [1.82, 2.24) is 5.32 Å². The Hall–Kier alpha value is -1.91. The van der Waals surface area contributed by atoms with Crippen LogP contribution in [0.4, 0.5) is 10.1 Å². The van der Waals surface area contributed by atoms with Crippen molar-refractivity contribution in [2.75, 3.05) is 24.5 Å². The van der Waals surface area contributed by atoms with Crippen molar-refractivity contribution in [1.29, 1.82) is 0 Å². The van der Waals surface area contributed by atoms with Crippen LogP contribution in [0.15, 0.2) is 18.2 Å². The Morgan fingerprint density at radius 2 is 2.19 bits per heavy atom. The Kier molecular flexibility index (Phi) is 4.94. The van der Waals surface area contributed by atoms with Gasteiger partial charge in [-0.2, -0.15) is 0 Å². The van der Waals surface area contributed by atoms with Gasteiger partial charge >= 0.3 is 0 Å². The number of anilines is 1. The molecule has 1 aliphatic rings. The van der Waals surface area contributed by atoms with E-state index in [0.717, 1.165) is 19.4 Å². The maximum absolute atomic E-state index is 13.9. The molecule has 0 bridgehead atoms. The van der Waals surface area contributed by atoms with Crippen LogP contribution in [0.1, 0.15) is 37.0 Å². The number of hydrogen-bond donors (Lipinski definition) is 1. The van der Waals surface area contributed by atoms with Gasteiger partial charge in [0.25, 0.3) is 0 Å². The minimum absolute atomic E-state index is 0.0305. The summed E-state index contributed by atoms with van der Waals surface area (Å²) in [5.41, 5.74) is 0.713. The van der Waals surface area contributed by atoms with E-state index in [0.29, 0.717) is 18.8 Å². The molecule has 1 aliphatic heterocycles. The summed E-state index contributed by atoms with van der Waals surface area (Å²) in [6.45, 7) is 5.12. The zero-order valence-electron chi connectivity index (χ0n) is 12.5. The molecule has 0 saturated carbocycles. The number of piperidine rings is 1. The summed E-state index contributed by atoms with van der Waals surface area (Å²) in [4.78, 5) is 25.6. The maximum Gasteiger partial charge on any atom is 0.224 e. The zero-order valence-corrected chi connectivity index (χ0v) is 12.5. The van der Waals surface area contributed by atoms with Gasteiger partial charge in [-0.1, -0.05) is 6.07 Å². The first-order chi connectivity index (χ1) is 10.0. The summed E-state index contributed by atoms with van der Waals surface area (Å²) >= 11 is 0. The molecule has 1 amide bonds. The molecule has 1 saturated heterocycles. The quantitative estimate of drug-likeness (QED) is 0.867. The van der Waals surface area contributed by atoms with Crippen molar-refractivity contribution < 1.29 is 14.0 Å². The number of nitrogens with zero attached hydrogens (tertiary/aromatic N) is 1. The van der Waals surface area contributed by atoms with Crippen molar-refractivity contribution in [3.63, 3.8) is 0 Å². The molecule has 21 heavy (non-hydrogen) atoms. The molecule has 2 rings (SSSR count). The molecule has 0 aromatic heterocycles. The Morgan fingerprint density at radius 3 is 2.86 bits per heavy atom. The highest BCUT2D eigenvalue weighted by atomic mass is 19.1. The average molecular weight is 292 g/mol. The van der Waals surface area contributed by atoms with Crippen molar-refractivity contribution in [2.45, 2.75) is 26.7 Å². The number of carbonyl (C=O) groups is 2. The van der Waals surface area contributed by atoms with Crippen LogP contribution in [0.25, 0.3) is 0 Å². The lowest BCUT2D eigenvalue weighted by Gasteiger charge is -2.34. The molecule has 1 fully saturated rings. The van der Waals surface area contributed by atoms with E-state index < -0.39 is 5.82 Å². The standard InChI is InChI=1S/C16H21FN2O2/c1-3-18-16(21)12-6-5-9-19(10-12)14-8-4-7-13(17)15(14)11(2)20/h4,7-8,12H,3,5-6,9-10H2,1-2H3,(H,18,21)/t12-/m0/s1. The molecule has 0 radical (unpaired) electrons. The van der Waals surface area contributed by atoms with Crippen molar-refractivity contribution >= 4 is 17.4 Å². The highest BCUT2D eigenvalue weighted by Crippen LogP contribution is 2.28. The molecule has 1 aromatic rings. The van der Waals surface area contributed by atoms with Crippen LogP contribution in [-0.2, 0) is 4.79 Å². The van der Waals surface area contributed by atoms with Gasteiger partial charge < -0.3 is 10.2 Å². The molecular weight excluding hydrogens is 271 g/mol. The summed E-state index contributed by atoms with van der Waals surface area (Å²) in [5, 5.41) is 2.83. The van der Waals surface area contributed by atoms with E-state index in [1.807, 2.05) is 11.8 Å². The number of benzene rings is 1. The third kappa shape index (κ3) is 3.40. The Labute approximate surface area is 124 Å². The van der Waals surface area contributed by atoms with Gasteiger partial charge in [0.1, 0.15) is 5.82 Å². The number of amides is 1. The Balaban J connectivity index is 2.24. The van der Waals surface area contributed by atoms with Crippen molar-refractivity contribution in [3.05, 3.63) is 29.6 Å². The van der Waals surface area contributed by atoms with Crippen molar-refractivity contribution in [3.8, 4) is 0 Å². The second-order valence-corrected chi connectivity index (χ2v) is 5.37. The minimum atomic E-state index is -0.500. The summed E-state index contributed by atoms with van der Waals surface area (Å²) < 4.78 is 13.9. The number of ketones is 1. The summed E-state index contributed by atoms with van der Waals surface area (Å²) in [6, 6.07) is 4.65. The van der Waals surface area contributed by atoms with Crippen LogP contribution in [0.5, 0.6) is 0 Å². The Bertz CT molecular complexity index is 545. The number of nitrogens with one attached hydrogen (secondary N) is 1. The van der Waals surface area contributed by atoms with Gasteiger partial charge in [0.05, 0.1) is 17.2 Å². The maximum atomic E-state index is 13.9. The summed E-state index contributed by atoms with van der Waals surface area (Å²) in [6.07, 6.45) is 1.68. The van der Waals surface area contributed by atoms with Gasteiger partial charge in [-0.3, -0.25) is 9.59 Å². The molecule has 0 aliphatic carbocycles. The number of halogens is 1. The third-order valence-electron chi connectivity index (χ3n) is 3.83. The highest BCUT2D eigenvalue weighted by Gasteiger charge is 2.28.